The van der Waals surface area contributed by atoms with Crippen LogP contribution in [0.3, 0.4) is 0 Å². The van der Waals surface area contributed by atoms with E-state index >= 15 is 0 Å². The summed E-state index contributed by atoms with van der Waals surface area (Å²) in [6.07, 6.45) is 5.18. The molecule has 3 rings (SSSR count). The summed E-state index contributed by atoms with van der Waals surface area (Å²) in [6.45, 7) is 6.23. The van der Waals surface area contributed by atoms with Gasteiger partial charge in [0.25, 0.3) is 5.56 Å². The first-order chi connectivity index (χ1) is 11.6. The molecule has 3 heterocycles. The third kappa shape index (κ3) is 3.08. The van der Waals surface area contributed by atoms with E-state index in [1.165, 1.54) is 6.42 Å². The minimum Gasteiger partial charge on any atom is -0.507 e. The number of hydrogen-bond donors (Lipinski definition) is 1. The predicted octanol–water partition coefficient (Wildman–Crippen LogP) is 2.85. The average Bonchev–Trinajstić information content (AvgIpc) is 2.60. The Morgan fingerprint density at radius 3 is 2.62 bits per heavy atom. The number of aromatic hydroxyl groups is 1. The van der Waals surface area contributed by atoms with Crippen LogP contribution >= 0.6 is 0 Å². The standard InChI is InChI=1S/C19H25N3O2/c1-3-22-14(2)13-16(23)17(19(22)24)18(15-9-5-6-10-20-15)21-11-7-4-8-12-21/h5-6,9-10,13,18,23H,3-4,7-8,11-12H2,1-2H3. The van der Waals surface area contributed by atoms with Gasteiger partial charge >= 0.3 is 0 Å². The molecule has 1 N–H and O–H groups in total. The molecule has 24 heavy (non-hydrogen) atoms. The van der Waals surface area contributed by atoms with Gasteiger partial charge in [-0.15, -0.1) is 0 Å². The molecule has 1 aliphatic rings. The molecule has 0 saturated carbocycles. The van der Waals surface area contributed by atoms with Crippen molar-refractivity contribution in [2.75, 3.05) is 13.1 Å². The highest BCUT2D eigenvalue weighted by Crippen LogP contribution is 2.33. The fourth-order valence-electron chi connectivity index (χ4n) is 3.65. The van der Waals surface area contributed by atoms with E-state index in [-0.39, 0.29) is 17.4 Å². The molecule has 0 amide bonds. The van der Waals surface area contributed by atoms with Crippen LogP contribution in [-0.2, 0) is 6.54 Å². The predicted molar refractivity (Wildman–Crippen MR) is 94.3 cm³/mol. The van der Waals surface area contributed by atoms with E-state index in [9.17, 15) is 9.90 Å². The average molecular weight is 327 g/mol. The second-order valence-electron chi connectivity index (χ2n) is 6.39. The topological polar surface area (TPSA) is 58.4 Å². The van der Waals surface area contributed by atoms with E-state index in [0.29, 0.717) is 12.1 Å². The molecule has 0 radical (unpaired) electrons. The molecule has 5 heteroatoms. The second kappa shape index (κ2) is 7.18. The van der Waals surface area contributed by atoms with Gasteiger partial charge in [0.05, 0.1) is 17.3 Å². The van der Waals surface area contributed by atoms with Crippen molar-refractivity contribution >= 4 is 0 Å². The van der Waals surface area contributed by atoms with Gasteiger partial charge in [0, 0.05) is 18.4 Å². The Bertz CT molecular complexity index is 749. The van der Waals surface area contributed by atoms with Crippen molar-refractivity contribution in [3.63, 3.8) is 0 Å². The van der Waals surface area contributed by atoms with Gasteiger partial charge in [0.1, 0.15) is 5.75 Å². The minimum absolute atomic E-state index is 0.0726. The Morgan fingerprint density at radius 1 is 1.25 bits per heavy atom. The maximum Gasteiger partial charge on any atom is 0.259 e. The molecule has 0 aromatic carbocycles. The minimum atomic E-state index is -0.294. The van der Waals surface area contributed by atoms with Gasteiger partial charge in [0.2, 0.25) is 0 Å². The zero-order valence-electron chi connectivity index (χ0n) is 14.4. The lowest BCUT2D eigenvalue weighted by Crippen LogP contribution is -2.39. The van der Waals surface area contributed by atoms with Crippen LogP contribution in [0.2, 0.25) is 0 Å². The van der Waals surface area contributed by atoms with E-state index in [0.717, 1.165) is 37.3 Å². The number of rotatable bonds is 4. The van der Waals surface area contributed by atoms with Gasteiger partial charge in [0.15, 0.2) is 0 Å². The summed E-state index contributed by atoms with van der Waals surface area (Å²) in [6, 6.07) is 7.14. The van der Waals surface area contributed by atoms with Crippen LogP contribution in [0.4, 0.5) is 0 Å². The van der Waals surface area contributed by atoms with Crippen LogP contribution in [0.15, 0.2) is 35.3 Å². The van der Waals surface area contributed by atoms with Crippen LogP contribution in [0, 0.1) is 6.92 Å². The Labute approximate surface area is 142 Å². The highest BCUT2D eigenvalue weighted by atomic mass is 16.3. The number of pyridine rings is 2. The summed E-state index contributed by atoms with van der Waals surface area (Å²) in [5.74, 6) is 0.0726. The van der Waals surface area contributed by atoms with E-state index in [1.807, 2.05) is 32.0 Å². The lowest BCUT2D eigenvalue weighted by Gasteiger charge is -2.34. The van der Waals surface area contributed by atoms with Gasteiger partial charge < -0.3 is 9.67 Å². The van der Waals surface area contributed by atoms with Crippen LogP contribution in [-0.4, -0.2) is 32.6 Å². The molecule has 0 aliphatic carbocycles. The molecule has 128 valence electrons. The number of nitrogens with zero attached hydrogens (tertiary/aromatic N) is 3. The molecule has 1 atom stereocenters. The molecule has 0 bridgehead atoms. The summed E-state index contributed by atoms with van der Waals surface area (Å²) >= 11 is 0. The first kappa shape index (κ1) is 16.7. The fraction of sp³-hybridized carbons (Fsp3) is 0.474. The number of hydrogen-bond acceptors (Lipinski definition) is 4. The molecular weight excluding hydrogens is 302 g/mol. The molecule has 1 aliphatic heterocycles. The summed E-state index contributed by atoms with van der Waals surface area (Å²) in [5, 5.41) is 10.6. The van der Waals surface area contributed by atoms with Gasteiger partial charge in [-0.25, -0.2) is 0 Å². The van der Waals surface area contributed by atoms with E-state index in [1.54, 1.807) is 16.8 Å². The van der Waals surface area contributed by atoms with E-state index in [2.05, 4.69) is 9.88 Å². The largest absolute Gasteiger partial charge is 0.507 e. The van der Waals surface area contributed by atoms with E-state index < -0.39 is 0 Å². The van der Waals surface area contributed by atoms with Crippen molar-refractivity contribution in [3.05, 3.63) is 57.8 Å². The molecule has 0 spiro atoms. The lowest BCUT2D eigenvalue weighted by molar-refractivity contribution is 0.180. The van der Waals surface area contributed by atoms with Crippen LogP contribution < -0.4 is 5.56 Å². The Balaban J connectivity index is 2.18. The van der Waals surface area contributed by atoms with Gasteiger partial charge in [-0.05, 0) is 58.0 Å². The van der Waals surface area contributed by atoms with Crippen molar-refractivity contribution in [2.24, 2.45) is 0 Å². The lowest BCUT2D eigenvalue weighted by atomic mass is 9.98. The van der Waals surface area contributed by atoms with Gasteiger partial charge in [-0.3, -0.25) is 14.7 Å². The van der Waals surface area contributed by atoms with Crippen molar-refractivity contribution in [2.45, 2.75) is 45.7 Å². The summed E-state index contributed by atoms with van der Waals surface area (Å²) in [7, 11) is 0. The van der Waals surface area contributed by atoms with Crippen molar-refractivity contribution in [3.8, 4) is 5.75 Å². The number of piperidine rings is 1. The maximum absolute atomic E-state index is 13.0. The summed E-state index contributed by atoms with van der Waals surface area (Å²) in [4.78, 5) is 19.8. The third-order valence-electron chi connectivity index (χ3n) is 4.84. The van der Waals surface area contributed by atoms with Crippen LogP contribution in [0.1, 0.15) is 49.2 Å². The Kier molecular flexibility index (Phi) is 5.00. The zero-order chi connectivity index (χ0) is 17.1. The fourth-order valence-corrected chi connectivity index (χ4v) is 3.65. The zero-order valence-corrected chi connectivity index (χ0v) is 14.4. The number of aromatic nitrogens is 2. The van der Waals surface area contributed by atoms with Crippen LogP contribution in [0.5, 0.6) is 5.75 Å². The summed E-state index contributed by atoms with van der Waals surface area (Å²) < 4.78 is 1.72. The normalized spacial score (nSPS) is 16.9. The number of aryl methyl sites for hydroxylation is 1. The van der Waals surface area contributed by atoms with Gasteiger partial charge in [-0.1, -0.05) is 12.5 Å². The molecule has 2 aromatic heterocycles. The number of likely N-dealkylation sites (tertiary alicyclic amines) is 1. The van der Waals surface area contributed by atoms with Gasteiger partial charge in [-0.2, -0.15) is 0 Å². The highest BCUT2D eigenvalue weighted by molar-refractivity contribution is 5.39. The molecule has 1 unspecified atom stereocenters. The monoisotopic (exact) mass is 327 g/mol. The SMILES string of the molecule is CCn1c(C)cc(O)c(C(c2ccccn2)N2CCCCC2)c1=O. The first-order valence-corrected chi connectivity index (χ1v) is 8.71. The first-order valence-electron chi connectivity index (χ1n) is 8.71. The Morgan fingerprint density at radius 2 is 2.00 bits per heavy atom. The second-order valence-corrected chi connectivity index (χ2v) is 6.39. The smallest absolute Gasteiger partial charge is 0.259 e. The Hall–Kier alpha value is -2.14. The van der Waals surface area contributed by atoms with E-state index in [4.69, 9.17) is 0 Å². The van der Waals surface area contributed by atoms with Crippen molar-refractivity contribution in [1.29, 1.82) is 0 Å². The summed E-state index contributed by atoms with van der Waals surface area (Å²) in [5.41, 5.74) is 1.93. The highest BCUT2D eigenvalue weighted by Gasteiger charge is 2.30. The quantitative estimate of drug-likeness (QED) is 0.938. The molecule has 1 fully saturated rings. The maximum atomic E-state index is 13.0. The van der Waals surface area contributed by atoms with Crippen LogP contribution in [0.25, 0.3) is 0 Å². The van der Waals surface area contributed by atoms with Crippen molar-refractivity contribution < 1.29 is 5.11 Å². The molecule has 1 saturated heterocycles. The molecular formula is C19H25N3O2. The molecule has 5 nitrogen and oxygen atoms in total. The third-order valence-corrected chi connectivity index (χ3v) is 4.84. The van der Waals surface area contributed by atoms with Crippen molar-refractivity contribution in [1.82, 2.24) is 14.5 Å². The molecule has 2 aromatic rings.